The number of aliphatic hydroxyl groups is 1. The molecule has 0 saturated carbocycles. The second-order valence-electron chi connectivity index (χ2n) is 4.54. The van der Waals surface area contributed by atoms with Crippen LogP contribution in [0.2, 0.25) is 0 Å². The number of methoxy groups -OCH3 is 1. The summed E-state index contributed by atoms with van der Waals surface area (Å²) < 4.78 is 15.8. The van der Waals surface area contributed by atoms with Crippen molar-refractivity contribution in [2.75, 3.05) is 7.11 Å². The first kappa shape index (κ1) is 14.0. The van der Waals surface area contributed by atoms with Crippen molar-refractivity contribution in [3.8, 4) is 0 Å². The van der Waals surface area contributed by atoms with Gasteiger partial charge < -0.3 is 19.3 Å². The summed E-state index contributed by atoms with van der Waals surface area (Å²) in [5, 5.41) is 9.99. The van der Waals surface area contributed by atoms with Gasteiger partial charge in [-0.1, -0.05) is 18.2 Å². The maximum Gasteiger partial charge on any atom is 0.338 e. The number of aliphatic hydroxyl groups excluding tert-OH is 1. The van der Waals surface area contributed by atoms with E-state index >= 15 is 0 Å². The van der Waals surface area contributed by atoms with Crippen molar-refractivity contribution in [1.82, 2.24) is 0 Å². The van der Waals surface area contributed by atoms with Gasteiger partial charge in [0.25, 0.3) is 0 Å². The predicted octanol–water partition coefficient (Wildman–Crippen LogP) is 1.35. The van der Waals surface area contributed by atoms with Gasteiger partial charge in [-0.05, 0) is 19.1 Å². The molecule has 1 aliphatic heterocycles. The van der Waals surface area contributed by atoms with Gasteiger partial charge in [0.2, 0.25) is 0 Å². The first-order valence-electron chi connectivity index (χ1n) is 6.24. The van der Waals surface area contributed by atoms with E-state index in [1.54, 1.807) is 31.2 Å². The topological polar surface area (TPSA) is 65.0 Å². The molecule has 0 radical (unpaired) electrons. The molecule has 0 spiro atoms. The van der Waals surface area contributed by atoms with Crippen LogP contribution in [0.1, 0.15) is 23.7 Å². The van der Waals surface area contributed by atoms with Crippen molar-refractivity contribution in [3.63, 3.8) is 0 Å². The molecule has 0 aliphatic carbocycles. The number of esters is 1. The molecular weight excluding hydrogens is 248 g/mol. The van der Waals surface area contributed by atoms with Crippen molar-refractivity contribution in [2.45, 2.75) is 37.9 Å². The van der Waals surface area contributed by atoms with Gasteiger partial charge in [-0.2, -0.15) is 0 Å². The smallest absolute Gasteiger partial charge is 0.338 e. The Morgan fingerprint density at radius 2 is 2.05 bits per heavy atom. The predicted molar refractivity (Wildman–Crippen MR) is 67.6 cm³/mol. The molecule has 5 nitrogen and oxygen atoms in total. The molecule has 1 fully saturated rings. The van der Waals surface area contributed by atoms with Crippen molar-refractivity contribution < 1.29 is 24.1 Å². The first-order chi connectivity index (χ1) is 9.11. The molecule has 2 rings (SSSR count). The highest BCUT2D eigenvalue weighted by atomic mass is 16.7. The maximum absolute atomic E-state index is 11.9. The normalized spacial score (nSPS) is 30.9. The first-order valence-corrected chi connectivity index (χ1v) is 6.24. The third kappa shape index (κ3) is 3.32. The Balaban J connectivity index is 2.02. The molecule has 0 aromatic heterocycles. The monoisotopic (exact) mass is 266 g/mol. The zero-order chi connectivity index (χ0) is 13.8. The average Bonchev–Trinajstić information content (AvgIpc) is 2.44. The fourth-order valence-electron chi connectivity index (χ4n) is 2.06. The van der Waals surface area contributed by atoms with Gasteiger partial charge in [-0.3, -0.25) is 0 Å². The van der Waals surface area contributed by atoms with Crippen LogP contribution in [0.15, 0.2) is 30.3 Å². The van der Waals surface area contributed by atoms with Gasteiger partial charge in [0, 0.05) is 13.5 Å². The van der Waals surface area contributed by atoms with Gasteiger partial charge >= 0.3 is 5.97 Å². The molecule has 1 aliphatic rings. The van der Waals surface area contributed by atoms with E-state index in [1.165, 1.54) is 7.11 Å². The lowest BCUT2D eigenvalue weighted by Crippen LogP contribution is -2.49. The summed E-state index contributed by atoms with van der Waals surface area (Å²) in [6.45, 7) is 1.72. The number of benzene rings is 1. The standard InChI is InChI=1S/C14H18O5/c1-9-13(15)11(8-12(17-2)18-9)19-14(16)10-6-4-3-5-7-10/h3-7,9,11-13,15H,8H2,1-2H3/t9-,11+,12-,13-/m1/s1. The Morgan fingerprint density at radius 3 is 2.68 bits per heavy atom. The van der Waals surface area contributed by atoms with E-state index in [1.807, 2.05) is 6.07 Å². The van der Waals surface area contributed by atoms with Crippen molar-refractivity contribution in [1.29, 1.82) is 0 Å². The fraction of sp³-hybridized carbons (Fsp3) is 0.500. The van der Waals surface area contributed by atoms with Crippen LogP contribution in [0, 0.1) is 0 Å². The second-order valence-corrected chi connectivity index (χ2v) is 4.54. The van der Waals surface area contributed by atoms with E-state index in [4.69, 9.17) is 14.2 Å². The van der Waals surface area contributed by atoms with Crippen LogP contribution < -0.4 is 0 Å². The van der Waals surface area contributed by atoms with E-state index in [0.717, 1.165) is 0 Å². The van der Waals surface area contributed by atoms with E-state index in [2.05, 4.69) is 0 Å². The molecule has 4 atom stereocenters. The molecule has 19 heavy (non-hydrogen) atoms. The molecule has 0 amide bonds. The Bertz CT molecular complexity index is 419. The summed E-state index contributed by atoms with van der Waals surface area (Å²) >= 11 is 0. The summed E-state index contributed by atoms with van der Waals surface area (Å²) in [6, 6.07) is 8.69. The Labute approximate surface area is 112 Å². The van der Waals surface area contributed by atoms with Crippen molar-refractivity contribution in [2.24, 2.45) is 0 Å². The highest BCUT2D eigenvalue weighted by Crippen LogP contribution is 2.23. The minimum absolute atomic E-state index is 0.320. The average molecular weight is 266 g/mol. The molecular formula is C14H18O5. The molecule has 1 heterocycles. The van der Waals surface area contributed by atoms with E-state index in [9.17, 15) is 9.90 Å². The van der Waals surface area contributed by atoms with E-state index in [0.29, 0.717) is 12.0 Å². The number of carbonyl (C=O) groups is 1. The third-order valence-corrected chi connectivity index (χ3v) is 3.18. The van der Waals surface area contributed by atoms with Crippen molar-refractivity contribution >= 4 is 5.97 Å². The summed E-state index contributed by atoms with van der Waals surface area (Å²) in [5.74, 6) is -0.450. The Hall–Kier alpha value is -1.43. The van der Waals surface area contributed by atoms with E-state index < -0.39 is 30.6 Å². The lowest BCUT2D eigenvalue weighted by Gasteiger charge is -2.36. The van der Waals surface area contributed by atoms with Crippen LogP contribution in [0.4, 0.5) is 0 Å². The number of hydrogen-bond donors (Lipinski definition) is 1. The van der Waals surface area contributed by atoms with Gasteiger partial charge in [0.15, 0.2) is 6.29 Å². The van der Waals surface area contributed by atoms with Crippen LogP contribution >= 0.6 is 0 Å². The SMILES string of the molecule is CO[C@H]1C[C@H](OC(=O)c2ccccc2)[C@H](O)[C@@H](C)O1. The minimum atomic E-state index is -0.848. The maximum atomic E-state index is 11.9. The molecule has 1 N–H and O–H groups in total. The van der Waals surface area contributed by atoms with Gasteiger partial charge in [-0.15, -0.1) is 0 Å². The molecule has 104 valence electrons. The van der Waals surface area contributed by atoms with Gasteiger partial charge in [-0.25, -0.2) is 4.79 Å². The molecule has 5 heteroatoms. The van der Waals surface area contributed by atoms with Crippen molar-refractivity contribution in [3.05, 3.63) is 35.9 Å². The van der Waals surface area contributed by atoms with Gasteiger partial charge in [0.1, 0.15) is 12.2 Å². The number of hydrogen-bond acceptors (Lipinski definition) is 5. The summed E-state index contributed by atoms with van der Waals surface area (Å²) in [6.07, 6.45) is -2.06. The molecule has 1 aromatic rings. The number of rotatable bonds is 3. The lowest BCUT2D eigenvalue weighted by atomic mass is 10.0. The molecule has 1 saturated heterocycles. The lowest BCUT2D eigenvalue weighted by molar-refractivity contribution is -0.236. The molecule has 0 unspecified atom stereocenters. The Morgan fingerprint density at radius 1 is 1.37 bits per heavy atom. The highest BCUT2D eigenvalue weighted by Gasteiger charge is 2.37. The van der Waals surface area contributed by atoms with E-state index in [-0.39, 0.29) is 0 Å². The number of ether oxygens (including phenoxy) is 3. The van der Waals surface area contributed by atoms with Crippen LogP contribution in [-0.4, -0.2) is 42.8 Å². The molecule has 1 aromatic carbocycles. The van der Waals surface area contributed by atoms with Crippen LogP contribution in [0.25, 0.3) is 0 Å². The third-order valence-electron chi connectivity index (χ3n) is 3.18. The van der Waals surface area contributed by atoms with Crippen LogP contribution in [0.5, 0.6) is 0 Å². The highest BCUT2D eigenvalue weighted by molar-refractivity contribution is 5.89. The summed E-state index contributed by atoms with van der Waals surface area (Å²) in [7, 11) is 1.52. The Kier molecular flexibility index (Phi) is 4.52. The largest absolute Gasteiger partial charge is 0.456 e. The van der Waals surface area contributed by atoms with Crippen LogP contribution in [-0.2, 0) is 14.2 Å². The fourth-order valence-corrected chi connectivity index (χ4v) is 2.06. The quantitative estimate of drug-likeness (QED) is 0.837. The summed E-state index contributed by atoms with van der Waals surface area (Å²) in [5.41, 5.74) is 0.461. The molecule has 0 bridgehead atoms. The van der Waals surface area contributed by atoms with Gasteiger partial charge in [0.05, 0.1) is 11.7 Å². The second kappa shape index (κ2) is 6.14. The minimum Gasteiger partial charge on any atom is -0.456 e. The van der Waals surface area contributed by atoms with Crippen LogP contribution in [0.3, 0.4) is 0 Å². The zero-order valence-electron chi connectivity index (χ0n) is 11.0. The zero-order valence-corrected chi connectivity index (χ0v) is 11.0. The number of carbonyl (C=O) groups excluding carboxylic acids is 1. The summed E-state index contributed by atoms with van der Waals surface area (Å²) in [4.78, 5) is 11.9.